The Morgan fingerprint density at radius 2 is 1.89 bits per heavy atom. The molecule has 3 heteroatoms. The van der Waals surface area contributed by atoms with Crippen LogP contribution in [0.2, 0.25) is 0 Å². The van der Waals surface area contributed by atoms with E-state index in [2.05, 4.69) is 18.0 Å². The lowest BCUT2D eigenvalue weighted by Crippen LogP contribution is -2.34. The van der Waals surface area contributed by atoms with Gasteiger partial charge in [0.1, 0.15) is 5.75 Å². The van der Waals surface area contributed by atoms with Crippen molar-refractivity contribution in [3.8, 4) is 5.75 Å². The van der Waals surface area contributed by atoms with Gasteiger partial charge in [0, 0.05) is 35.8 Å². The summed E-state index contributed by atoms with van der Waals surface area (Å²) in [6, 6.07) is 14.0. The average Bonchev–Trinajstić information content (AvgIpc) is 2.48. The van der Waals surface area contributed by atoms with Gasteiger partial charge in [0.05, 0.1) is 7.11 Å². The molecule has 0 radical (unpaired) electrons. The van der Waals surface area contributed by atoms with E-state index in [0.717, 1.165) is 23.4 Å². The molecule has 3 nitrogen and oxygen atoms in total. The Labute approximate surface area is 114 Å². The monoisotopic (exact) mass is 256 g/mol. The molecule has 0 saturated carbocycles. The minimum Gasteiger partial charge on any atom is -0.496 e. The molecule has 0 aliphatic rings. The molecular formula is C16H20N2O. The molecule has 1 aromatic heterocycles. The molecule has 1 unspecified atom stereocenters. The molecule has 0 aliphatic heterocycles. The van der Waals surface area contributed by atoms with Crippen molar-refractivity contribution in [3.05, 3.63) is 59.9 Å². The fourth-order valence-electron chi connectivity index (χ4n) is 2.32. The Balaban J connectivity index is 2.36. The van der Waals surface area contributed by atoms with Crippen LogP contribution in [0.3, 0.4) is 0 Å². The number of nitrogens with zero attached hydrogens (tertiary/aromatic N) is 1. The van der Waals surface area contributed by atoms with E-state index in [0.29, 0.717) is 6.54 Å². The van der Waals surface area contributed by atoms with Gasteiger partial charge in [0.25, 0.3) is 0 Å². The second kappa shape index (κ2) is 5.85. The number of benzene rings is 1. The van der Waals surface area contributed by atoms with Crippen molar-refractivity contribution in [2.24, 2.45) is 5.73 Å². The van der Waals surface area contributed by atoms with E-state index in [-0.39, 0.29) is 5.41 Å². The van der Waals surface area contributed by atoms with E-state index >= 15 is 0 Å². The molecule has 2 aromatic rings. The Hall–Kier alpha value is -1.87. The highest BCUT2D eigenvalue weighted by Gasteiger charge is 2.28. The highest BCUT2D eigenvalue weighted by Crippen LogP contribution is 2.33. The standard InChI is InChI=1S/C16H20N2O/c1-16(12-17,11-13-7-5-6-10-18-13)14-8-3-4-9-15(14)19-2/h3-10H,11-12,17H2,1-2H3. The summed E-state index contributed by atoms with van der Waals surface area (Å²) in [6.45, 7) is 2.70. The Morgan fingerprint density at radius 3 is 2.53 bits per heavy atom. The summed E-state index contributed by atoms with van der Waals surface area (Å²) in [5, 5.41) is 0. The third-order valence-corrected chi connectivity index (χ3v) is 3.51. The molecule has 0 amide bonds. The van der Waals surface area contributed by atoms with E-state index in [1.54, 1.807) is 7.11 Å². The van der Waals surface area contributed by atoms with Gasteiger partial charge in [-0.1, -0.05) is 31.2 Å². The second-order valence-corrected chi connectivity index (χ2v) is 4.96. The van der Waals surface area contributed by atoms with Crippen LogP contribution in [0.4, 0.5) is 0 Å². The van der Waals surface area contributed by atoms with E-state index in [1.807, 2.05) is 42.6 Å². The molecule has 100 valence electrons. The van der Waals surface area contributed by atoms with E-state index in [1.165, 1.54) is 0 Å². The maximum Gasteiger partial charge on any atom is 0.122 e. The molecular weight excluding hydrogens is 236 g/mol. The highest BCUT2D eigenvalue weighted by atomic mass is 16.5. The van der Waals surface area contributed by atoms with Gasteiger partial charge in [-0.2, -0.15) is 0 Å². The molecule has 2 rings (SSSR count). The maximum absolute atomic E-state index is 6.03. The highest BCUT2D eigenvalue weighted by molar-refractivity contribution is 5.40. The fraction of sp³-hybridized carbons (Fsp3) is 0.312. The van der Waals surface area contributed by atoms with Crippen LogP contribution in [-0.4, -0.2) is 18.6 Å². The van der Waals surface area contributed by atoms with Crippen LogP contribution in [0.25, 0.3) is 0 Å². The van der Waals surface area contributed by atoms with Crippen molar-refractivity contribution in [3.63, 3.8) is 0 Å². The molecule has 0 bridgehead atoms. The van der Waals surface area contributed by atoms with Gasteiger partial charge in [-0.25, -0.2) is 0 Å². The predicted molar refractivity (Wildman–Crippen MR) is 77.3 cm³/mol. The topological polar surface area (TPSA) is 48.1 Å². The summed E-state index contributed by atoms with van der Waals surface area (Å²) in [5.74, 6) is 0.881. The number of hydrogen-bond acceptors (Lipinski definition) is 3. The van der Waals surface area contributed by atoms with Crippen LogP contribution in [0, 0.1) is 0 Å². The first-order valence-electron chi connectivity index (χ1n) is 6.43. The van der Waals surface area contributed by atoms with Gasteiger partial charge in [-0.05, 0) is 18.2 Å². The Kier molecular flexibility index (Phi) is 4.17. The largest absolute Gasteiger partial charge is 0.496 e. The molecule has 1 atom stereocenters. The van der Waals surface area contributed by atoms with Gasteiger partial charge in [-0.15, -0.1) is 0 Å². The normalized spacial score (nSPS) is 13.8. The smallest absolute Gasteiger partial charge is 0.122 e. The number of methoxy groups -OCH3 is 1. The fourth-order valence-corrected chi connectivity index (χ4v) is 2.32. The lowest BCUT2D eigenvalue weighted by molar-refractivity contribution is 0.384. The van der Waals surface area contributed by atoms with Crippen LogP contribution in [0.1, 0.15) is 18.2 Å². The molecule has 1 heterocycles. The van der Waals surface area contributed by atoms with E-state index in [4.69, 9.17) is 10.5 Å². The molecule has 0 spiro atoms. The Morgan fingerprint density at radius 1 is 1.16 bits per heavy atom. The first-order valence-corrected chi connectivity index (χ1v) is 6.43. The van der Waals surface area contributed by atoms with Gasteiger partial charge < -0.3 is 10.5 Å². The van der Waals surface area contributed by atoms with E-state index in [9.17, 15) is 0 Å². The summed E-state index contributed by atoms with van der Waals surface area (Å²) in [7, 11) is 1.69. The van der Waals surface area contributed by atoms with Crippen molar-refractivity contribution in [1.82, 2.24) is 4.98 Å². The van der Waals surface area contributed by atoms with Crippen LogP contribution in [-0.2, 0) is 11.8 Å². The number of ether oxygens (including phenoxy) is 1. The zero-order valence-corrected chi connectivity index (χ0v) is 11.5. The second-order valence-electron chi connectivity index (χ2n) is 4.96. The third-order valence-electron chi connectivity index (χ3n) is 3.51. The number of aromatic nitrogens is 1. The summed E-state index contributed by atoms with van der Waals surface area (Å²) in [4.78, 5) is 4.40. The maximum atomic E-state index is 6.03. The predicted octanol–water partition coefficient (Wildman–Crippen LogP) is 2.55. The first kappa shape index (κ1) is 13.6. The number of rotatable bonds is 5. The number of nitrogens with two attached hydrogens (primary N) is 1. The van der Waals surface area contributed by atoms with E-state index < -0.39 is 0 Å². The van der Waals surface area contributed by atoms with Crippen molar-refractivity contribution < 1.29 is 4.74 Å². The SMILES string of the molecule is COc1ccccc1C(C)(CN)Cc1ccccn1. The summed E-state index contributed by atoms with van der Waals surface area (Å²) in [5.41, 5.74) is 8.02. The minimum absolute atomic E-state index is 0.180. The molecule has 2 N–H and O–H groups in total. The number of hydrogen-bond donors (Lipinski definition) is 1. The van der Waals surface area contributed by atoms with Crippen molar-refractivity contribution in [1.29, 1.82) is 0 Å². The molecule has 1 aromatic carbocycles. The van der Waals surface area contributed by atoms with Crippen LogP contribution >= 0.6 is 0 Å². The lowest BCUT2D eigenvalue weighted by atomic mass is 9.78. The van der Waals surface area contributed by atoms with Crippen molar-refractivity contribution in [2.75, 3.05) is 13.7 Å². The zero-order chi connectivity index (χ0) is 13.7. The van der Waals surface area contributed by atoms with Gasteiger partial charge in [0.15, 0.2) is 0 Å². The van der Waals surface area contributed by atoms with Gasteiger partial charge in [-0.3, -0.25) is 4.98 Å². The number of pyridine rings is 1. The lowest BCUT2D eigenvalue weighted by Gasteiger charge is -2.29. The van der Waals surface area contributed by atoms with Crippen molar-refractivity contribution >= 4 is 0 Å². The van der Waals surface area contributed by atoms with Gasteiger partial charge in [0.2, 0.25) is 0 Å². The third kappa shape index (κ3) is 2.93. The average molecular weight is 256 g/mol. The molecule has 19 heavy (non-hydrogen) atoms. The van der Waals surface area contributed by atoms with Crippen LogP contribution in [0.15, 0.2) is 48.7 Å². The van der Waals surface area contributed by atoms with Crippen molar-refractivity contribution in [2.45, 2.75) is 18.8 Å². The van der Waals surface area contributed by atoms with Crippen LogP contribution < -0.4 is 10.5 Å². The zero-order valence-electron chi connectivity index (χ0n) is 11.5. The molecule has 0 saturated heterocycles. The quantitative estimate of drug-likeness (QED) is 0.894. The summed E-state index contributed by atoms with van der Waals surface area (Å²) in [6.07, 6.45) is 2.61. The molecule has 0 fully saturated rings. The minimum atomic E-state index is -0.180. The van der Waals surface area contributed by atoms with Crippen LogP contribution in [0.5, 0.6) is 5.75 Å². The van der Waals surface area contributed by atoms with Gasteiger partial charge >= 0.3 is 0 Å². The summed E-state index contributed by atoms with van der Waals surface area (Å²) >= 11 is 0. The number of para-hydroxylation sites is 1. The summed E-state index contributed by atoms with van der Waals surface area (Å²) < 4.78 is 5.46. The Bertz CT molecular complexity index is 527. The molecule has 0 aliphatic carbocycles. The first-order chi connectivity index (χ1) is 9.19.